The van der Waals surface area contributed by atoms with Crippen molar-refractivity contribution >= 4 is 10.0 Å². The molecule has 1 N–H and O–H groups in total. The molecule has 6 nitrogen and oxygen atoms in total. The van der Waals surface area contributed by atoms with E-state index in [0.29, 0.717) is 11.5 Å². The summed E-state index contributed by atoms with van der Waals surface area (Å²) in [7, 11) is -4.01. The van der Waals surface area contributed by atoms with Crippen LogP contribution in [0.2, 0.25) is 0 Å². The van der Waals surface area contributed by atoms with E-state index in [9.17, 15) is 12.8 Å². The van der Waals surface area contributed by atoms with Gasteiger partial charge in [0.15, 0.2) is 5.76 Å². The van der Waals surface area contributed by atoms with E-state index in [1.807, 2.05) is 0 Å². The lowest BCUT2D eigenvalue weighted by Gasteiger charge is -2.07. The number of nitriles is 1. The Morgan fingerprint density at radius 3 is 2.85 bits per heavy atom. The zero-order valence-corrected chi connectivity index (χ0v) is 11.2. The molecule has 0 saturated heterocycles. The fourth-order valence-electron chi connectivity index (χ4n) is 1.58. The highest BCUT2D eigenvalue weighted by molar-refractivity contribution is 7.89. The van der Waals surface area contributed by atoms with E-state index < -0.39 is 26.3 Å². The summed E-state index contributed by atoms with van der Waals surface area (Å²) in [4.78, 5) is -0.406. The van der Waals surface area contributed by atoms with Gasteiger partial charge in [-0.1, -0.05) is 11.2 Å². The van der Waals surface area contributed by atoms with E-state index in [4.69, 9.17) is 9.78 Å². The number of aryl methyl sites for hydroxylation is 1. The van der Waals surface area contributed by atoms with Gasteiger partial charge in [0.2, 0.25) is 10.0 Å². The third-order valence-electron chi connectivity index (χ3n) is 2.49. The predicted molar refractivity (Wildman–Crippen MR) is 66.4 cm³/mol. The van der Waals surface area contributed by atoms with Crippen molar-refractivity contribution in [1.29, 1.82) is 5.26 Å². The van der Waals surface area contributed by atoms with E-state index >= 15 is 0 Å². The lowest BCUT2D eigenvalue weighted by molar-refractivity contribution is 0.377. The Labute approximate surface area is 114 Å². The van der Waals surface area contributed by atoms with Crippen LogP contribution < -0.4 is 4.72 Å². The first kappa shape index (κ1) is 14.2. The highest BCUT2D eigenvalue weighted by atomic mass is 32.2. The summed E-state index contributed by atoms with van der Waals surface area (Å²) in [6.07, 6.45) is 0. The predicted octanol–water partition coefficient (Wildman–Crippen LogP) is 1.47. The maximum atomic E-state index is 13.4. The molecule has 0 aliphatic carbocycles. The molecule has 0 aliphatic heterocycles. The van der Waals surface area contributed by atoms with Crippen molar-refractivity contribution < 1.29 is 17.3 Å². The first-order valence-corrected chi connectivity index (χ1v) is 7.03. The van der Waals surface area contributed by atoms with Gasteiger partial charge in [-0.25, -0.2) is 17.5 Å². The highest BCUT2D eigenvalue weighted by Gasteiger charge is 2.21. The molecule has 1 heterocycles. The maximum Gasteiger partial charge on any atom is 0.242 e. The molecular formula is C12H10FN3O3S. The van der Waals surface area contributed by atoms with Crippen LogP contribution in [0.15, 0.2) is 33.7 Å². The molecule has 1 aromatic carbocycles. The van der Waals surface area contributed by atoms with Crippen LogP contribution in [-0.2, 0) is 16.6 Å². The number of hydrogen-bond donors (Lipinski definition) is 1. The van der Waals surface area contributed by atoms with Gasteiger partial charge in [-0.3, -0.25) is 0 Å². The summed E-state index contributed by atoms with van der Waals surface area (Å²) < 4.78 is 44.6. The van der Waals surface area contributed by atoms with Gasteiger partial charge in [-0.2, -0.15) is 5.26 Å². The van der Waals surface area contributed by atoms with E-state index in [1.165, 1.54) is 6.07 Å². The van der Waals surface area contributed by atoms with Crippen LogP contribution in [0, 0.1) is 24.1 Å². The fourth-order valence-corrected chi connectivity index (χ4v) is 2.74. The highest BCUT2D eigenvalue weighted by Crippen LogP contribution is 2.18. The number of benzene rings is 1. The number of sulfonamides is 1. The van der Waals surface area contributed by atoms with Gasteiger partial charge in [-0.05, 0) is 19.1 Å². The SMILES string of the molecule is Cc1cc(CNS(=O)(=O)c2cccc(F)c2C#N)on1. The van der Waals surface area contributed by atoms with Gasteiger partial charge in [0, 0.05) is 6.07 Å². The second-order valence-electron chi connectivity index (χ2n) is 3.98. The van der Waals surface area contributed by atoms with Gasteiger partial charge in [-0.15, -0.1) is 0 Å². The van der Waals surface area contributed by atoms with E-state index in [-0.39, 0.29) is 6.54 Å². The number of halogens is 1. The number of rotatable bonds is 4. The first-order valence-electron chi connectivity index (χ1n) is 5.54. The zero-order chi connectivity index (χ0) is 14.8. The number of aromatic nitrogens is 1. The average molecular weight is 295 g/mol. The van der Waals surface area contributed by atoms with Crippen molar-refractivity contribution in [3.8, 4) is 6.07 Å². The van der Waals surface area contributed by atoms with Crippen molar-refractivity contribution in [2.24, 2.45) is 0 Å². The smallest absolute Gasteiger partial charge is 0.242 e. The molecule has 0 radical (unpaired) electrons. The molecule has 20 heavy (non-hydrogen) atoms. The molecule has 0 unspecified atom stereocenters. The van der Waals surface area contributed by atoms with Gasteiger partial charge < -0.3 is 4.52 Å². The van der Waals surface area contributed by atoms with Crippen LogP contribution in [0.25, 0.3) is 0 Å². The second-order valence-corrected chi connectivity index (χ2v) is 5.72. The Kier molecular flexibility index (Phi) is 3.83. The normalized spacial score (nSPS) is 11.2. The third kappa shape index (κ3) is 2.84. The number of nitrogens with zero attached hydrogens (tertiary/aromatic N) is 2. The summed E-state index contributed by atoms with van der Waals surface area (Å²) in [5.74, 6) is -0.563. The molecular weight excluding hydrogens is 285 g/mol. The van der Waals surface area contributed by atoms with Crippen molar-refractivity contribution in [2.75, 3.05) is 0 Å². The quantitative estimate of drug-likeness (QED) is 0.921. The largest absolute Gasteiger partial charge is 0.360 e. The Hall–Kier alpha value is -2.24. The molecule has 0 amide bonds. The summed E-state index contributed by atoms with van der Waals surface area (Å²) in [5, 5.41) is 12.5. The molecule has 0 spiro atoms. The van der Waals surface area contributed by atoms with Crippen LogP contribution in [0.1, 0.15) is 17.0 Å². The van der Waals surface area contributed by atoms with Gasteiger partial charge in [0.05, 0.1) is 12.2 Å². The minimum atomic E-state index is -4.01. The molecule has 2 aromatic rings. The average Bonchev–Trinajstić information content (AvgIpc) is 2.82. The minimum Gasteiger partial charge on any atom is -0.360 e. The van der Waals surface area contributed by atoms with E-state index in [2.05, 4.69) is 9.88 Å². The maximum absolute atomic E-state index is 13.4. The van der Waals surface area contributed by atoms with Crippen LogP contribution in [0.4, 0.5) is 4.39 Å². The lowest BCUT2D eigenvalue weighted by atomic mass is 10.2. The number of nitrogens with one attached hydrogen (secondary N) is 1. The van der Waals surface area contributed by atoms with Crippen LogP contribution in [0.5, 0.6) is 0 Å². The van der Waals surface area contributed by atoms with Gasteiger partial charge in [0.25, 0.3) is 0 Å². The molecule has 2 rings (SSSR count). The molecule has 0 fully saturated rings. The molecule has 0 bridgehead atoms. The van der Waals surface area contributed by atoms with Crippen molar-refractivity contribution in [1.82, 2.24) is 9.88 Å². The summed E-state index contributed by atoms with van der Waals surface area (Å²) >= 11 is 0. The van der Waals surface area contributed by atoms with Crippen LogP contribution in [0.3, 0.4) is 0 Å². The zero-order valence-electron chi connectivity index (χ0n) is 10.4. The Morgan fingerprint density at radius 1 is 1.50 bits per heavy atom. The van der Waals surface area contributed by atoms with Crippen LogP contribution >= 0.6 is 0 Å². The molecule has 8 heteroatoms. The van der Waals surface area contributed by atoms with Crippen molar-refractivity contribution in [3.63, 3.8) is 0 Å². The minimum absolute atomic E-state index is 0.134. The fraction of sp³-hybridized carbons (Fsp3) is 0.167. The second kappa shape index (κ2) is 5.40. The third-order valence-corrected chi connectivity index (χ3v) is 3.93. The van der Waals surface area contributed by atoms with E-state index in [1.54, 1.807) is 19.1 Å². The van der Waals surface area contributed by atoms with Gasteiger partial charge >= 0.3 is 0 Å². The van der Waals surface area contributed by atoms with Crippen LogP contribution in [-0.4, -0.2) is 13.6 Å². The van der Waals surface area contributed by atoms with Gasteiger partial charge in [0.1, 0.15) is 22.3 Å². The molecule has 0 atom stereocenters. The monoisotopic (exact) mass is 295 g/mol. The Balaban J connectivity index is 2.27. The van der Waals surface area contributed by atoms with Crippen molar-refractivity contribution in [2.45, 2.75) is 18.4 Å². The number of hydrogen-bond acceptors (Lipinski definition) is 5. The summed E-state index contributed by atoms with van der Waals surface area (Å²) in [6.45, 7) is 1.56. The van der Waals surface area contributed by atoms with Crippen molar-refractivity contribution in [3.05, 3.63) is 47.1 Å². The summed E-state index contributed by atoms with van der Waals surface area (Å²) in [6, 6.07) is 6.52. The topological polar surface area (TPSA) is 96.0 Å². The molecule has 1 aromatic heterocycles. The first-order chi connectivity index (χ1) is 9.44. The molecule has 104 valence electrons. The van der Waals surface area contributed by atoms with E-state index in [0.717, 1.165) is 12.1 Å². The Bertz CT molecular complexity index is 777. The molecule has 0 aliphatic rings. The molecule has 0 saturated carbocycles. The standard InChI is InChI=1S/C12H10FN3O3S/c1-8-5-9(19-16-8)7-15-20(17,18)12-4-2-3-11(13)10(12)6-14/h2-5,15H,7H2,1H3. The lowest BCUT2D eigenvalue weighted by Crippen LogP contribution is -2.24. The Morgan fingerprint density at radius 2 is 2.25 bits per heavy atom. The summed E-state index contributed by atoms with van der Waals surface area (Å²) in [5.41, 5.74) is 0.0939.